The van der Waals surface area contributed by atoms with Gasteiger partial charge in [-0.3, -0.25) is 0 Å². The van der Waals surface area contributed by atoms with E-state index in [9.17, 15) is 4.39 Å². The van der Waals surface area contributed by atoms with Crippen LogP contribution in [0.1, 0.15) is 37.1 Å². The molecule has 0 bridgehead atoms. The van der Waals surface area contributed by atoms with Crippen LogP contribution in [0, 0.1) is 0 Å². The van der Waals surface area contributed by atoms with Gasteiger partial charge in [-0.05, 0) is 25.8 Å². The first-order chi connectivity index (χ1) is 8.01. The van der Waals surface area contributed by atoms with Crippen molar-refractivity contribution < 1.29 is 13.9 Å². The number of halogens is 1. The van der Waals surface area contributed by atoms with E-state index in [1.807, 2.05) is 0 Å². The summed E-state index contributed by atoms with van der Waals surface area (Å²) in [6, 6.07) is 3.49. The van der Waals surface area contributed by atoms with Crippen LogP contribution in [-0.2, 0) is 5.54 Å². The fourth-order valence-corrected chi connectivity index (χ4v) is 2.03. The molecule has 0 saturated heterocycles. The molecule has 3 nitrogen and oxygen atoms in total. The molecule has 1 aliphatic carbocycles. The highest BCUT2D eigenvalue weighted by Crippen LogP contribution is 2.49. The minimum Gasteiger partial charge on any atom is -0.496 e. The topological polar surface area (TPSA) is 44.5 Å². The summed E-state index contributed by atoms with van der Waals surface area (Å²) >= 11 is 0. The molecule has 0 aliphatic heterocycles. The summed E-state index contributed by atoms with van der Waals surface area (Å²) in [5.41, 5.74) is 7.22. The third-order valence-corrected chi connectivity index (χ3v) is 3.31. The predicted octanol–water partition coefficient (Wildman–Crippen LogP) is 2.68. The van der Waals surface area contributed by atoms with Crippen LogP contribution in [0.25, 0.3) is 0 Å². The Morgan fingerprint density at radius 3 is 2.24 bits per heavy atom. The number of hydrogen-bond acceptors (Lipinski definition) is 3. The molecule has 1 aromatic carbocycles. The van der Waals surface area contributed by atoms with Gasteiger partial charge in [-0.1, -0.05) is 0 Å². The molecule has 17 heavy (non-hydrogen) atoms. The summed E-state index contributed by atoms with van der Waals surface area (Å²) in [6.45, 7) is 1.49. The molecule has 2 rings (SSSR count). The maximum absolute atomic E-state index is 13.5. The van der Waals surface area contributed by atoms with Crippen molar-refractivity contribution in [2.45, 2.75) is 31.5 Å². The molecule has 1 atom stereocenters. The minimum absolute atomic E-state index is 0.346. The fourth-order valence-electron chi connectivity index (χ4n) is 2.03. The second-order valence-corrected chi connectivity index (χ2v) is 4.57. The minimum atomic E-state index is -1.09. The lowest BCUT2D eigenvalue weighted by molar-refractivity contribution is 0.341. The predicted molar refractivity (Wildman–Crippen MR) is 64.2 cm³/mol. The van der Waals surface area contributed by atoms with Crippen LogP contribution >= 0.6 is 0 Å². The molecule has 0 aromatic heterocycles. The Kier molecular flexibility index (Phi) is 3.00. The summed E-state index contributed by atoms with van der Waals surface area (Å²) in [5.74, 6) is 1.18. The van der Waals surface area contributed by atoms with E-state index in [-0.39, 0.29) is 5.54 Å². The molecule has 1 aliphatic rings. The van der Waals surface area contributed by atoms with Gasteiger partial charge in [-0.25, -0.2) is 4.39 Å². The Balaban J connectivity index is 2.54. The van der Waals surface area contributed by atoms with Crippen LogP contribution in [0.5, 0.6) is 11.5 Å². The Bertz CT molecular complexity index is 428. The van der Waals surface area contributed by atoms with Crippen molar-refractivity contribution in [1.29, 1.82) is 0 Å². The maximum Gasteiger partial charge on any atom is 0.128 e. The summed E-state index contributed by atoms with van der Waals surface area (Å²) in [4.78, 5) is 0. The molecular formula is C13H18FNO2. The Labute approximate surface area is 101 Å². The molecular weight excluding hydrogens is 221 g/mol. The van der Waals surface area contributed by atoms with Crippen LogP contribution in [0.15, 0.2) is 12.1 Å². The number of nitrogens with two attached hydrogens (primary N) is 1. The Morgan fingerprint density at radius 1 is 1.24 bits per heavy atom. The second kappa shape index (κ2) is 4.18. The first-order valence-corrected chi connectivity index (χ1v) is 5.71. The monoisotopic (exact) mass is 239 g/mol. The summed E-state index contributed by atoms with van der Waals surface area (Å²) < 4.78 is 24.0. The summed E-state index contributed by atoms with van der Waals surface area (Å²) in [7, 11) is 3.11. The van der Waals surface area contributed by atoms with E-state index in [2.05, 4.69) is 0 Å². The highest BCUT2D eigenvalue weighted by atomic mass is 19.1. The molecule has 1 unspecified atom stereocenters. The Hall–Kier alpha value is -1.29. The molecule has 0 amide bonds. The molecule has 4 heteroatoms. The first kappa shape index (κ1) is 12.2. The van der Waals surface area contributed by atoms with Crippen molar-refractivity contribution >= 4 is 0 Å². The molecule has 1 fully saturated rings. The zero-order chi connectivity index (χ0) is 12.6. The van der Waals surface area contributed by atoms with Gasteiger partial charge in [0.25, 0.3) is 0 Å². The average molecular weight is 239 g/mol. The summed E-state index contributed by atoms with van der Waals surface area (Å²) in [6.07, 6.45) is 0.739. The van der Waals surface area contributed by atoms with Crippen molar-refractivity contribution in [3.05, 3.63) is 23.3 Å². The van der Waals surface area contributed by atoms with E-state index in [0.717, 1.165) is 18.4 Å². The zero-order valence-corrected chi connectivity index (χ0v) is 10.4. The fraction of sp³-hybridized carbons (Fsp3) is 0.538. The van der Waals surface area contributed by atoms with Gasteiger partial charge in [0, 0.05) is 22.7 Å². The lowest BCUT2D eigenvalue weighted by Gasteiger charge is -2.19. The van der Waals surface area contributed by atoms with Gasteiger partial charge in [-0.15, -0.1) is 0 Å². The number of methoxy groups -OCH3 is 2. The normalized spacial score (nSPS) is 18.6. The lowest BCUT2D eigenvalue weighted by Crippen LogP contribution is -2.20. The number of benzene rings is 1. The van der Waals surface area contributed by atoms with E-state index in [0.29, 0.717) is 17.1 Å². The first-order valence-electron chi connectivity index (χ1n) is 5.71. The van der Waals surface area contributed by atoms with Crippen LogP contribution in [-0.4, -0.2) is 14.2 Å². The molecule has 0 spiro atoms. The third-order valence-electron chi connectivity index (χ3n) is 3.31. The van der Waals surface area contributed by atoms with Crippen molar-refractivity contribution in [1.82, 2.24) is 0 Å². The van der Waals surface area contributed by atoms with E-state index < -0.39 is 6.17 Å². The molecule has 0 radical (unpaired) electrons. The van der Waals surface area contributed by atoms with Crippen molar-refractivity contribution in [2.24, 2.45) is 5.73 Å². The number of hydrogen-bond donors (Lipinski definition) is 1. The highest BCUT2D eigenvalue weighted by Gasteiger charge is 2.42. The van der Waals surface area contributed by atoms with E-state index in [4.69, 9.17) is 15.2 Å². The van der Waals surface area contributed by atoms with Crippen LogP contribution in [0.2, 0.25) is 0 Å². The maximum atomic E-state index is 13.5. The molecule has 1 aromatic rings. The second-order valence-electron chi connectivity index (χ2n) is 4.57. The van der Waals surface area contributed by atoms with Crippen LogP contribution in [0.4, 0.5) is 4.39 Å². The van der Waals surface area contributed by atoms with Gasteiger partial charge in [0.2, 0.25) is 0 Å². The Morgan fingerprint density at radius 2 is 1.82 bits per heavy atom. The van der Waals surface area contributed by atoms with Crippen molar-refractivity contribution in [2.75, 3.05) is 14.2 Å². The van der Waals surface area contributed by atoms with Crippen LogP contribution < -0.4 is 15.2 Å². The highest BCUT2D eigenvalue weighted by molar-refractivity contribution is 5.51. The molecule has 1 saturated carbocycles. The van der Waals surface area contributed by atoms with Crippen molar-refractivity contribution in [3.63, 3.8) is 0 Å². The van der Waals surface area contributed by atoms with E-state index in [1.165, 1.54) is 14.0 Å². The number of ether oxygens (including phenoxy) is 2. The molecule has 94 valence electrons. The average Bonchev–Trinajstić information content (AvgIpc) is 3.06. The van der Waals surface area contributed by atoms with E-state index in [1.54, 1.807) is 19.2 Å². The van der Waals surface area contributed by atoms with Gasteiger partial charge in [-0.2, -0.15) is 0 Å². The van der Waals surface area contributed by atoms with Gasteiger partial charge < -0.3 is 15.2 Å². The number of alkyl halides is 1. The molecule has 0 heterocycles. The van der Waals surface area contributed by atoms with Crippen molar-refractivity contribution in [3.8, 4) is 11.5 Å². The van der Waals surface area contributed by atoms with Gasteiger partial charge in [0.15, 0.2) is 0 Å². The van der Waals surface area contributed by atoms with Gasteiger partial charge >= 0.3 is 0 Å². The number of rotatable bonds is 4. The van der Waals surface area contributed by atoms with Gasteiger partial charge in [0.1, 0.15) is 17.7 Å². The lowest BCUT2D eigenvalue weighted by atomic mass is 9.98. The quantitative estimate of drug-likeness (QED) is 0.878. The largest absolute Gasteiger partial charge is 0.496 e. The van der Waals surface area contributed by atoms with E-state index >= 15 is 0 Å². The van der Waals surface area contributed by atoms with Crippen LogP contribution in [0.3, 0.4) is 0 Å². The van der Waals surface area contributed by atoms with Gasteiger partial charge in [0.05, 0.1) is 14.2 Å². The smallest absolute Gasteiger partial charge is 0.128 e. The SMILES string of the molecule is COc1cc(OC)c(C2(N)CC2)cc1C(C)F. The standard InChI is InChI=1S/C13H18FNO2/c1-8(14)9-6-10(13(15)4-5-13)12(17-3)7-11(9)16-2/h6-8H,4-5,15H2,1-3H3. The zero-order valence-electron chi connectivity index (χ0n) is 10.4. The summed E-state index contributed by atoms with van der Waals surface area (Å²) in [5, 5.41) is 0. The third kappa shape index (κ3) is 2.09. The molecule has 2 N–H and O–H groups in total.